The number of rotatable bonds is 1. The molecule has 1 rings (SSSR count). The summed E-state index contributed by atoms with van der Waals surface area (Å²) in [4.78, 5) is 10.9. The van der Waals surface area contributed by atoms with Gasteiger partial charge in [0.1, 0.15) is 5.82 Å². The lowest BCUT2D eigenvalue weighted by molar-refractivity contribution is 0.0962. The fraction of sp³-hybridized carbons (Fsp3) is 0.125. The van der Waals surface area contributed by atoms with Crippen LogP contribution in [0.15, 0.2) is 18.2 Å². The summed E-state index contributed by atoms with van der Waals surface area (Å²) in [6.07, 6.45) is 0. The topological polar surface area (TPSA) is 29.1 Å². The molecule has 0 aliphatic carbocycles. The maximum Gasteiger partial charge on any atom is 0.251 e. The number of carbonyl (C=O) groups is 1. The number of halogens is 1. The molecule has 0 aromatic heterocycles. The molecule has 2 nitrogen and oxygen atoms in total. The summed E-state index contributed by atoms with van der Waals surface area (Å²) >= 11 is 0. The molecule has 1 amide bonds. The highest BCUT2D eigenvalue weighted by molar-refractivity contribution is 5.93. The van der Waals surface area contributed by atoms with Crippen molar-refractivity contribution in [1.29, 1.82) is 0 Å². The van der Waals surface area contributed by atoms with Crippen molar-refractivity contribution in [2.24, 2.45) is 0 Å². The standard InChI is InChI=1S/C8H7FNO/c1-10-8(11)6-3-2-4-7(9)5-6/h2-3,5H,1H3,(H,10,11). The van der Waals surface area contributed by atoms with Gasteiger partial charge in [0, 0.05) is 18.7 Å². The first kappa shape index (κ1) is 7.72. The van der Waals surface area contributed by atoms with Crippen LogP contribution in [0.25, 0.3) is 0 Å². The molecule has 11 heavy (non-hydrogen) atoms. The number of hydrogen-bond donors (Lipinski definition) is 1. The molecule has 0 aliphatic heterocycles. The van der Waals surface area contributed by atoms with Crippen LogP contribution in [-0.2, 0) is 0 Å². The molecule has 0 bridgehead atoms. The van der Waals surface area contributed by atoms with Crippen LogP contribution in [0, 0.1) is 11.9 Å². The van der Waals surface area contributed by atoms with Gasteiger partial charge in [0.05, 0.1) is 0 Å². The highest BCUT2D eigenvalue weighted by Crippen LogP contribution is 2.01. The van der Waals surface area contributed by atoms with Crippen molar-refractivity contribution < 1.29 is 9.18 Å². The van der Waals surface area contributed by atoms with Crippen LogP contribution in [0.4, 0.5) is 4.39 Å². The van der Waals surface area contributed by atoms with Gasteiger partial charge in [-0.25, -0.2) is 4.39 Å². The van der Waals surface area contributed by atoms with Crippen LogP contribution >= 0.6 is 0 Å². The van der Waals surface area contributed by atoms with Crippen LogP contribution in [0.2, 0.25) is 0 Å². The number of hydrogen-bond acceptors (Lipinski definition) is 1. The molecule has 0 saturated heterocycles. The summed E-state index contributed by atoms with van der Waals surface area (Å²) in [5.74, 6) is -0.816. The van der Waals surface area contributed by atoms with Gasteiger partial charge >= 0.3 is 0 Å². The van der Waals surface area contributed by atoms with E-state index in [0.29, 0.717) is 5.56 Å². The van der Waals surface area contributed by atoms with Gasteiger partial charge in [0.25, 0.3) is 5.91 Å². The van der Waals surface area contributed by atoms with Crippen molar-refractivity contribution in [2.75, 3.05) is 7.05 Å². The van der Waals surface area contributed by atoms with Crippen molar-refractivity contribution in [1.82, 2.24) is 5.32 Å². The maximum atomic E-state index is 12.4. The Bertz CT molecular complexity index is 273. The maximum absolute atomic E-state index is 12.4. The summed E-state index contributed by atoms with van der Waals surface area (Å²) in [6.45, 7) is 0. The summed E-state index contributed by atoms with van der Waals surface area (Å²) in [5.41, 5.74) is 0.309. The van der Waals surface area contributed by atoms with Crippen LogP contribution in [0.1, 0.15) is 10.4 Å². The first-order valence-corrected chi connectivity index (χ1v) is 3.13. The Labute approximate surface area is 64.0 Å². The third-order valence-electron chi connectivity index (χ3n) is 1.26. The smallest absolute Gasteiger partial charge is 0.251 e. The van der Waals surface area contributed by atoms with Gasteiger partial charge < -0.3 is 5.32 Å². The lowest BCUT2D eigenvalue weighted by atomic mass is 10.2. The van der Waals surface area contributed by atoms with Crippen LogP contribution < -0.4 is 5.32 Å². The van der Waals surface area contributed by atoms with Crippen LogP contribution in [0.3, 0.4) is 0 Å². The summed E-state index contributed by atoms with van der Waals surface area (Å²) in [5, 5.41) is 2.39. The fourth-order valence-corrected chi connectivity index (χ4v) is 0.723. The lowest BCUT2D eigenvalue weighted by Gasteiger charge is -1.97. The molecule has 0 fully saturated rings. The quantitative estimate of drug-likeness (QED) is 0.638. The van der Waals surface area contributed by atoms with E-state index in [1.54, 1.807) is 0 Å². The van der Waals surface area contributed by atoms with Crippen molar-refractivity contribution in [2.45, 2.75) is 0 Å². The summed E-state index contributed by atoms with van der Waals surface area (Å²) in [6, 6.07) is 6.32. The van der Waals surface area contributed by atoms with E-state index in [0.717, 1.165) is 6.07 Å². The van der Waals surface area contributed by atoms with Gasteiger partial charge in [-0.15, -0.1) is 0 Å². The molecule has 1 N–H and O–H groups in total. The summed E-state index contributed by atoms with van der Waals surface area (Å²) in [7, 11) is 1.50. The number of carbonyl (C=O) groups excluding carboxylic acids is 1. The van der Waals surface area contributed by atoms with Crippen molar-refractivity contribution >= 4 is 5.91 Å². The Morgan fingerprint density at radius 1 is 1.73 bits per heavy atom. The van der Waals surface area contributed by atoms with E-state index >= 15 is 0 Å². The zero-order chi connectivity index (χ0) is 8.27. The minimum atomic E-state index is -0.522. The normalized spacial score (nSPS) is 9.27. The molecule has 0 heterocycles. The number of benzene rings is 1. The molecule has 1 radical (unpaired) electrons. The van der Waals surface area contributed by atoms with Gasteiger partial charge in [-0.05, 0) is 12.1 Å². The monoisotopic (exact) mass is 152 g/mol. The zero-order valence-corrected chi connectivity index (χ0v) is 6.02. The number of nitrogens with one attached hydrogen (secondary N) is 1. The highest BCUT2D eigenvalue weighted by atomic mass is 19.1. The molecule has 57 valence electrons. The van der Waals surface area contributed by atoms with E-state index in [2.05, 4.69) is 11.4 Å². The molecular formula is C8H7FNO. The SMILES string of the molecule is CNC(=O)c1cc[c]c(F)c1. The molecule has 0 spiro atoms. The lowest BCUT2D eigenvalue weighted by Crippen LogP contribution is -2.17. The van der Waals surface area contributed by atoms with E-state index < -0.39 is 5.82 Å². The van der Waals surface area contributed by atoms with Gasteiger partial charge in [0.15, 0.2) is 0 Å². The van der Waals surface area contributed by atoms with Crippen molar-refractivity contribution in [3.05, 3.63) is 35.6 Å². The average molecular weight is 152 g/mol. The predicted molar refractivity (Wildman–Crippen MR) is 38.6 cm³/mol. The molecule has 0 unspecified atom stereocenters. The predicted octanol–water partition coefficient (Wildman–Crippen LogP) is 0.985. The van der Waals surface area contributed by atoms with Gasteiger partial charge in [-0.1, -0.05) is 6.07 Å². The highest BCUT2D eigenvalue weighted by Gasteiger charge is 2.02. The minimum Gasteiger partial charge on any atom is -0.355 e. The van der Waals surface area contributed by atoms with E-state index in [4.69, 9.17) is 0 Å². The van der Waals surface area contributed by atoms with E-state index in [9.17, 15) is 9.18 Å². The largest absolute Gasteiger partial charge is 0.355 e. The van der Waals surface area contributed by atoms with Crippen molar-refractivity contribution in [3.8, 4) is 0 Å². The first-order valence-electron chi connectivity index (χ1n) is 3.13. The second kappa shape index (κ2) is 3.14. The molecule has 1 aromatic rings. The first-order chi connectivity index (χ1) is 5.24. The van der Waals surface area contributed by atoms with Crippen LogP contribution in [0.5, 0.6) is 0 Å². The minimum absolute atomic E-state index is 0.294. The second-order valence-corrected chi connectivity index (χ2v) is 2.00. The third-order valence-corrected chi connectivity index (χ3v) is 1.26. The Morgan fingerprint density at radius 2 is 2.45 bits per heavy atom. The van der Waals surface area contributed by atoms with E-state index in [1.165, 1.54) is 19.2 Å². The molecule has 0 atom stereocenters. The van der Waals surface area contributed by atoms with E-state index in [1.807, 2.05) is 0 Å². The Balaban J connectivity index is 2.96. The van der Waals surface area contributed by atoms with Gasteiger partial charge in [-0.3, -0.25) is 4.79 Å². The number of amides is 1. The van der Waals surface area contributed by atoms with Gasteiger partial charge in [0.2, 0.25) is 0 Å². The van der Waals surface area contributed by atoms with Crippen molar-refractivity contribution in [3.63, 3.8) is 0 Å². The van der Waals surface area contributed by atoms with Gasteiger partial charge in [-0.2, -0.15) is 0 Å². The third kappa shape index (κ3) is 1.77. The Hall–Kier alpha value is -1.38. The Morgan fingerprint density at radius 3 is 3.00 bits per heavy atom. The second-order valence-electron chi connectivity index (χ2n) is 2.00. The molecule has 0 aliphatic rings. The molecule has 0 saturated carbocycles. The van der Waals surface area contributed by atoms with Crippen LogP contribution in [-0.4, -0.2) is 13.0 Å². The zero-order valence-electron chi connectivity index (χ0n) is 6.02. The Kier molecular flexibility index (Phi) is 2.21. The molecule has 3 heteroatoms. The summed E-state index contributed by atoms with van der Waals surface area (Å²) < 4.78 is 12.4. The van der Waals surface area contributed by atoms with E-state index in [-0.39, 0.29) is 5.91 Å². The molecular weight excluding hydrogens is 145 g/mol. The average Bonchev–Trinajstić information content (AvgIpc) is 2.03. The fourth-order valence-electron chi connectivity index (χ4n) is 0.723. The molecule has 1 aromatic carbocycles.